The first-order valence-corrected chi connectivity index (χ1v) is 17.9. The Labute approximate surface area is 256 Å². The van der Waals surface area contributed by atoms with Gasteiger partial charge in [-0.1, -0.05) is 96.6 Å². The third-order valence-electron chi connectivity index (χ3n) is 6.80. The number of ether oxygens (including phenoxy) is 2. The van der Waals surface area contributed by atoms with Crippen LogP contribution in [0.3, 0.4) is 0 Å². The van der Waals surface area contributed by atoms with Gasteiger partial charge in [-0.25, -0.2) is 4.57 Å². The lowest BCUT2D eigenvalue weighted by Gasteiger charge is -2.24. The molecular weight excluding hydrogens is 557 g/mol. The van der Waals surface area contributed by atoms with Crippen molar-refractivity contribution in [2.75, 3.05) is 47.5 Å². The molecule has 248 valence electrons. The number of rotatable bonds is 29. The van der Waals surface area contributed by atoms with Gasteiger partial charge in [-0.05, 0) is 32.1 Å². The summed E-state index contributed by atoms with van der Waals surface area (Å²) in [6, 6.07) is 0. The number of carbonyl (C=O) groups is 2. The molecule has 0 saturated carbocycles. The van der Waals surface area contributed by atoms with E-state index in [1.165, 1.54) is 38.5 Å². The fourth-order valence-electron chi connectivity index (χ4n) is 4.11. The smallest absolute Gasteiger partial charge is 0.462 e. The van der Waals surface area contributed by atoms with Crippen molar-refractivity contribution < 1.29 is 42.1 Å². The Kier molecular flexibility index (Phi) is 25.4. The number of allylic oxidation sites excluding steroid dienone is 2. The minimum atomic E-state index is -4.35. The van der Waals surface area contributed by atoms with Gasteiger partial charge in [0.15, 0.2) is 6.10 Å². The second-order valence-corrected chi connectivity index (χ2v) is 13.7. The Bertz CT molecular complexity index is 753. The molecule has 0 aromatic carbocycles. The third-order valence-corrected chi connectivity index (χ3v) is 7.78. The zero-order valence-electron chi connectivity index (χ0n) is 27.5. The minimum absolute atomic E-state index is 0.0321. The van der Waals surface area contributed by atoms with E-state index in [9.17, 15) is 19.0 Å². The van der Waals surface area contributed by atoms with Gasteiger partial charge in [0.2, 0.25) is 0 Å². The molecule has 0 bridgehead atoms. The maximum absolute atomic E-state index is 12.5. The predicted molar refractivity (Wildman–Crippen MR) is 169 cm³/mol. The van der Waals surface area contributed by atoms with Crippen molar-refractivity contribution in [2.24, 2.45) is 0 Å². The van der Waals surface area contributed by atoms with E-state index in [4.69, 9.17) is 18.5 Å². The van der Waals surface area contributed by atoms with Crippen LogP contribution in [0.2, 0.25) is 0 Å². The van der Waals surface area contributed by atoms with Crippen molar-refractivity contribution in [1.82, 2.24) is 0 Å². The van der Waals surface area contributed by atoms with Gasteiger partial charge in [0, 0.05) is 12.8 Å². The van der Waals surface area contributed by atoms with Crippen LogP contribution in [-0.4, -0.2) is 74.9 Å². The van der Waals surface area contributed by atoms with Crippen LogP contribution in [0, 0.1) is 0 Å². The van der Waals surface area contributed by atoms with Crippen LogP contribution >= 0.6 is 7.82 Å². The first-order chi connectivity index (χ1) is 20.0. The molecule has 9 nitrogen and oxygen atoms in total. The van der Waals surface area contributed by atoms with Crippen LogP contribution in [0.15, 0.2) is 12.2 Å². The van der Waals surface area contributed by atoms with Crippen LogP contribution in [-0.2, 0) is 32.7 Å². The van der Waals surface area contributed by atoms with E-state index < -0.39 is 26.5 Å². The number of quaternary nitrogens is 1. The molecule has 0 aliphatic carbocycles. The highest BCUT2D eigenvalue weighted by atomic mass is 31.2. The molecule has 0 radical (unpaired) electrons. The molecule has 0 aliphatic rings. The zero-order chi connectivity index (χ0) is 31.5. The van der Waals surface area contributed by atoms with Crippen molar-refractivity contribution in [3.05, 3.63) is 12.2 Å². The van der Waals surface area contributed by atoms with E-state index in [0.29, 0.717) is 17.4 Å². The molecule has 0 aromatic heterocycles. The van der Waals surface area contributed by atoms with Gasteiger partial charge in [-0.2, -0.15) is 0 Å². The number of esters is 2. The number of hydrogen-bond acceptors (Lipinski definition) is 7. The average Bonchev–Trinajstić information content (AvgIpc) is 2.92. The summed E-state index contributed by atoms with van der Waals surface area (Å²) in [5.41, 5.74) is 0. The fourth-order valence-corrected chi connectivity index (χ4v) is 4.85. The summed E-state index contributed by atoms with van der Waals surface area (Å²) in [6.07, 6.45) is 21.4. The van der Waals surface area contributed by atoms with Gasteiger partial charge in [0.05, 0.1) is 27.7 Å². The summed E-state index contributed by atoms with van der Waals surface area (Å²) in [7, 11) is 1.47. The molecular formula is C32H63NO8P+. The Morgan fingerprint density at radius 3 is 1.83 bits per heavy atom. The van der Waals surface area contributed by atoms with Gasteiger partial charge >= 0.3 is 19.8 Å². The molecule has 42 heavy (non-hydrogen) atoms. The first-order valence-electron chi connectivity index (χ1n) is 16.4. The zero-order valence-corrected chi connectivity index (χ0v) is 28.4. The van der Waals surface area contributed by atoms with Gasteiger partial charge < -0.3 is 18.9 Å². The van der Waals surface area contributed by atoms with E-state index in [1.54, 1.807) is 0 Å². The first kappa shape index (κ1) is 40.8. The minimum Gasteiger partial charge on any atom is -0.462 e. The number of carbonyl (C=O) groups excluding carboxylic acids is 2. The van der Waals surface area contributed by atoms with Gasteiger partial charge in [0.1, 0.15) is 19.8 Å². The van der Waals surface area contributed by atoms with Gasteiger partial charge in [-0.3, -0.25) is 18.6 Å². The second-order valence-electron chi connectivity index (χ2n) is 12.2. The lowest BCUT2D eigenvalue weighted by Crippen LogP contribution is -2.37. The van der Waals surface area contributed by atoms with Crippen molar-refractivity contribution in [1.29, 1.82) is 0 Å². The van der Waals surface area contributed by atoms with Crippen LogP contribution in [0.5, 0.6) is 0 Å². The highest BCUT2D eigenvalue weighted by Crippen LogP contribution is 2.43. The molecule has 0 amide bonds. The van der Waals surface area contributed by atoms with E-state index in [2.05, 4.69) is 26.0 Å². The van der Waals surface area contributed by atoms with Gasteiger partial charge in [0.25, 0.3) is 0 Å². The van der Waals surface area contributed by atoms with Crippen LogP contribution in [0.25, 0.3) is 0 Å². The quantitative estimate of drug-likeness (QED) is 0.0296. The lowest BCUT2D eigenvalue weighted by atomic mass is 10.1. The Morgan fingerprint density at radius 2 is 1.24 bits per heavy atom. The van der Waals surface area contributed by atoms with Crippen molar-refractivity contribution in [3.8, 4) is 0 Å². The summed E-state index contributed by atoms with van der Waals surface area (Å²) >= 11 is 0. The molecule has 0 fully saturated rings. The monoisotopic (exact) mass is 620 g/mol. The number of hydrogen-bond donors (Lipinski definition) is 1. The summed E-state index contributed by atoms with van der Waals surface area (Å²) in [4.78, 5) is 34.8. The molecule has 0 rings (SSSR count). The molecule has 2 unspecified atom stereocenters. The molecule has 0 aliphatic heterocycles. The number of nitrogens with zero attached hydrogens (tertiary/aromatic N) is 1. The maximum Gasteiger partial charge on any atom is 0.472 e. The number of phosphoric ester groups is 1. The SMILES string of the molecule is CCCC/C=C\CCCCCCCC(=O)OC(COC(=O)CCCCCCCCC)COP(=O)(O)OCC[N+](C)(C)C. The molecule has 0 heterocycles. The topological polar surface area (TPSA) is 108 Å². The molecule has 0 spiro atoms. The van der Waals surface area contributed by atoms with Crippen molar-refractivity contribution in [2.45, 2.75) is 136 Å². The standard InChI is InChI=1S/C32H62NO8P/c1-6-8-10-12-14-15-16-17-19-21-23-25-32(35)41-30(29-40-42(36,37)39-27-26-33(3,4)5)28-38-31(34)24-22-20-18-13-11-9-7-2/h12,14,30H,6-11,13,15-29H2,1-5H3/p+1/b14-12-. The fraction of sp³-hybridized carbons (Fsp3) is 0.875. The highest BCUT2D eigenvalue weighted by molar-refractivity contribution is 7.47. The molecule has 10 heteroatoms. The van der Waals surface area contributed by atoms with E-state index in [1.807, 2.05) is 21.1 Å². The summed E-state index contributed by atoms with van der Waals surface area (Å²) < 4.78 is 33.9. The largest absolute Gasteiger partial charge is 0.472 e. The Balaban J connectivity index is 4.53. The number of phosphoric acid groups is 1. The third kappa shape index (κ3) is 28.9. The number of unbranched alkanes of at least 4 members (excludes halogenated alkanes) is 13. The highest BCUT2D eigenvalue weighted by Gasteiger charge is 2.27. The molecule has 0 aromatic rings. The average molecular weight is 621 g/mol. The van der Waals surface area contributed by atoms with Gasteiger partial charge in [-0.15, -0.1) is 0 Å². The van der Waals surface area contributed by atoms with Crippen molar-refractivity contribution in [3.63, 3.8) is 0 Å². The summed E-state index contributed by atoms with van der Waals surface area (Å²) in [5.74, 6) is -0.819. The number of likely N-dealkylation sites (N-methyl/N-ethyl adjacent to an activating group) is 1. The molecule has 1 N–H and O–H groups in total. The maximum atomic E-state index is 12.5. The molecule has 0 saturated heterocycles. The predicted octanol–water partition coefficient (Wildman–Crippen LogP) is 7.90. The van der Waals surface area contributed by atoms with Crippen LogP contribution < -0.4 is 0 Å². The van der Waals surface area contributed by atoms with E-state index >= 15 is 0 Å². The van der Waals surface area contributed by atoms with Crippen molar-refractivity contribution >= 4 is 19.8 Å². The van der Waals surface area contributed by atoms with Crippen LogP contribution in [0.1, 0.15) is 129 Å². The second kappa shape index (κ2) is 26.2. The lowest BCUT2D eigenvalue weighted by molar-refractivity contribution is -0.870. The Hall–Kier alpha value is -1.25. The van der Waals surface area contributed by atoms with Crippen LogP contribution in [0.4, 0.5) is 0 Å². The summed E-state index contributed by atoms with van der Waals surface area (Å²) in [6.45, 7) is 4.29. The Morgan fingerprint density at radius 1 is 0.714 bits per heavy atom. The normalized spacial score (nSPS) is 14.1. The molecule has 2 atom stereocenters. The van der Waals surface area contributed by atoms with E-state index in [-0.39, 0.29) is 32.0 Å². The summed E-state index contributed by atoms with van der Waals surface area (Å²) in [5, 5.41) is 0. The van der Waals surface area contributed by atoms with E-state index in [0.717, 1.165) is 57.8 Å².